The Morgan fingerprint density at radius 1 is 1.20 bits per heavy atom. The normalized spacial score (nSPS) is 10.5. The zero-order valence-electron chi connectivity index (χ0n) is 15.9. The van der Waals surface area contributed by atoms with Crippen molar-refractivity contribution in [2.75, 3.05) is 6.61 Å². The summed E-state index contributed by atoms with van der Waals surface area (Å²) >= 11 is 3.30. The number of carbonyl (C=O) groups is 1. The zero-order valence-corrected chi connectivity index (χ0v) is 17.4. The first-order chi connectivity index (χ1) is 14.3. The van der Waals surface area contributed by atoms with E-state index in [1.165, 1.54) is 31.2 Å². The van der Waals surface area contributed by atoms with Crippen molar-refractivity contribution in [3.05, 3.63) is 91.4 Å². The molecule has 0 fully saturated rings. The molecule has 0 bridgehead atoms. The first kappa shape index (κ1) is 21.3. The van der Waals surface area contributed by atoms with Crippen molar-refractivity contribution in [1.29, 1.82) is 5.26 Å². The minimum absolute atomic E-state index is 0.0831. The molecular weight excluding hydrogens is 455 g/mol. The molecule has 0 radical (unpaired) electrons. The van der Waals surface area contributed by atoms with Crippen LogP contribution in [-0.4, -0.2) is 22.1 Å². The van der Waals surface area contributed by atoms with E-state index in [4.69, 9.17) is 4.74 Å². The number of halogens is 2. The van der Waals surface area contributed by atoms with Gasteiger partial charge >= 0.3 is 0 Å². The van der Waals surface area contributed by atoms with Gasteiger partial charge in [0.1, 0.15) is 23.2 Å². The number of ketones is 1. The number of aromatic hydroxyl groups is 1. The number of pyridine rings is 1. The highest BCUT2D eigenvalue weighted by Crippen LogP contribution is 2.24. The van der Waals surface area contributed by atoms with Crippen LogP contribution in [0.4, 0.5) is 4.39 Å². The van der Waals surface area contributed by atoms with Gasteiger partial charge in [-0.05, 0) is 54.4 Å². The van der Waals surface area contributed by atoms with E-state index in [9.17, 15) is 24.3 Å². The molecule has 2 aromatic carbocycles. The molecule has 0 spiro atoms. The second-order valence-corrected chi connectivity index (χ2v) is 7.41. The maximum absolute atomic E-state index is 13.2. The van der Waals surface area contributed by atoms with Gasteiger partial charge in [0.05, 0.1) is 12.1 Å². The average molecular weight is 471 g/mol. The van der Waals surface area contributed by atoms with Crippen molar-refractivity contribution < 1.29 is 19.0 Å². The predicted molar refractivity (Wildman–Crippen MR) is 111 cm³/mol. The molecule has 1 heterocycles. The van der Waals surface area contributed by atoms with Crippen LogP contribution < -0.4 is 10.3 Å². The van der Waals surface area contributed by atoms with Gasteiger partial charge in [0.25, 0.3) is 5.56 Å². The van der Waals surface area contributed by atoms with E-state index in [1.54, 1.807) is 30.3 Å². The first-order valence-corrected chi connectivity index (χ1v) is 9.63. The fourth-order valence-electron chi connectivity index (χ4n) is 2.96. The highest BCUT2D eigenvalue weighted by atomic mass is 79.9. The largest absolute Gasteiger partial charge is 0.494 e. The predicted octanol–water partition coefficient (Wildman–Crippen LogP) is 3.95. The van der Waals surface area contributed by atoms with E-state index in [0.29, 0.717) is 11.3 Å². The molecule has 6 nitrogen and oxygen atoms in total. The minimum Gasteiger partial charge on any atom is -0.494 e. The van der Waals surface area contributed by atoms with Crippen molar-refractivity contribution in [1.82, 2.24) is 4.57 Å². The van der Waals surface area contributed by atoms with E-state index in [0.717, 1.165) is 9.04 Å². The van der Waals surface area contributed by atoms with Gasteiger partial charge in [-0.2, -0.15) is 5.26 Å². The third kappa shape index (κ3) is 4.42. The zero-order chi connectivity index (χ0) is 21.8. The van der Waals surface area contributed by atoms with Crippen molar-refractivity contribution >= 4 is 21.7 Å². The maximum Gasteiger partial charge on any atom is 0.271 e. The number of rotatable bonds is 6. The van der Waals surface area contributed by atoms with Crippen LogP contribution in [0.3, 0.4) is 0 Å². The first-order valence-electron chi connectivity index (χ1n) is 8.84. The number of Topliss-reactive ketones (excluding diaryl/α,β-unsaturated/α-hetero) is 1. The van der Waals surface area contributed by atoms with Gasteiger partial charge in [-0.15, -0.1) is 0 Å². The summed E-state index contributed by atoms with van der Waals surface area (Å²) < 4.78 is 20.4. The SMILES string of the molecule is Cc1c(C(=O)COc2ccc(Br)cc2)c(O)n(Cc2ccc(F)cc2)c(=O)c1C#N. The Hall–Kier alpha value is -3.44. The summed E-state index contributed by atoms with van der Waals surface area (Å²) in [5.41, 5.74) is -0.541. The lowest BCUT2D eigenvalue weighted by Gasteiger charge is -2.16. The van der Waals surface area contributed by atoms with E-state index in [2.05, 4.69) is 15.9 Å². The number of nitriles is 1. The Morgan fingerprint density at radius 3 is 2.43 bits per heavy atom. The van der Waals surface area contributed by atoms with Crippen LogP contribution in [0.2, 0.25) is 0 Å². The Bertz CT molecular complexity index is 1200. The summed E-state index contributed by atoms with van der Waals surface area (Å²) in [5, 5.41) is 20.1. The van der Waals surface area contributed by atoms with Gasteiger partial charge in [-0.25, -0.2) is 4.39 Å². The molecule has 0 unspecified atom stereocenters. The summed E-state index contributed by atoms with van der Waals surface area (Å²) in [6, 6.07) is 14.0. The number of hydrogen-bond donors (Lipinski definition) is 1. The molecule has 0 saturated heterocycles. The van der Waals surface area contributed by atoms with Gasteiger partial charge in [-0.3, -0.25) is 14.2 Å². The lowest BCUT2D eigenvalue weighted by molar-refractivity contribution is 0.0916. The lowest BCUT2D eigenvalue weighted by atomic mass is 10.0. The Morgan fingerprint density at radius 2 is 1.83 bits per heavy atom. The number of aromatic nitrogens is 1. The second kappa shape index (κ2) is 8.93. The molecule has 30 heavy (non-hydrogen) atoms. The van der Waals surface area contributed by atoms with Crippen molar-refractivity contribution in [3.8, 4) is 17.7 Å². The molecule has 0 atom stereocenters. The molecule has 0 aliphatic heterocycles. The summed E-state index contributed by atoms with van der Waals surface area (Å²) in [5.74, 6) is -1.15. The second-order valence-electron chi connectivity index (χ2n) is 6.49. The topological polar surface area (TPSA) is 92.3 Å². The summed E-state index contributed by atoms with van der Waals surface area (Å²) in [6.45, 7) is 0.901. The smallest absolute Gasteiger partial charge is 0.271 e. The third-order valence-corrected chi connectivity index (χ3v) is 5.05. The molecule has 1 aromatic heterocycles. The summed E-state index contributed by atoms with van der Waals surface area (Å²) in [4.78, 5) is 25.4. The van der Waals surface area contributed by atoms with Gasteiger partial charge in [-0.1, -0.05) is 28.1 Å². The number of ether oxygens (including phenoxy) is 1. The molecular formula is C22H16BrFN2O4. The minimum atomic E-state index is -0.734. The van der Waals surface area contributed by atoms with Crippen LogP contribution in [0.15, 0.2) is 57.8 Å². The molecule has 3 aromatic rings. The van der Waals surface area contributed by atoms with Gasteiger partial charge in [0, 0.05) is 4.47 Å². The van der Waals surface area contributed by atoms with Crippen LogP contribution in [0, 0.1) is 24.1 Å². The quantitative estimate of drug-likeness (QED) is 0.550. The number of benzene rings is 2. The molecule has 8 heteroatoms. The van der Waals surface area contributed by atoms with Crippen LogP contribution in [0.1, 0.15) is 27.0 Å². The lowest BCUT2D eigenvalue weighted by Crippen LogP contribution is -2.28. The monoisotopic (exact) mass is 470 g/mol. The molecule has 0 amide bonds. The van der Waals surface area contributed by atoms with E-state index in [-0.39, 0.29) is 23.2 Å². The van der Waals surface area contributed by atoms with E-state index < -0.39 is 29.6 Å². The number of hydrogen-bond acceptors (Lipinski definition) is 5. The van der Waals surface area contributed by atoms with Crippen LogP contribution in [0.25, 0.3) is 0 Å². The van der Waals surface area contributed by atoms with E-state index >= 15 is 0 Å². The number of nitrogens with zero attached hydrogens (tertiary/aromatic N) is 2. The maximum atomic E-state index is 13.2. The molecule has 3 rings (SSSR count). The molecule has 0 saturated carbocycles. The molecule has 0 aliphatic rings. The Kier molecular flexibility index (Phi) is 6.33. The molecule has 1 N–H and O–H groups in total. The van der Waals surface area contributed by atoms with Gasteiger partial charge in [0.15, 0.2) is 6.61 Å². The van der Waals surface area contributed by atoms with Crippen LogP contribution >= 0.6 is 15.9 Å². The highest BCUT2D eigenvalue weighted by molar-refractivity contribution is 9.10. The van der Waals surface area contributed by atoms with Crippen molar-refractivity contribution in [3.63, 3.8) is 0 Å². The van der Waals surface area contributed by atoms with Crippen molar-refractivity contribution in [2.24, 2.45) is 0 Å². The Labute approximate surface area is 179 Å². The third-order valence-electron chi connectivity index (χ3n) is 4.52. The fourth-order valence-corrected chi connectivity index (χ4v) is 3.22. The molecule has 0 aliphatic carbocycles. The van der Waals surface area contributed by atoms with Crippen molar-refractivity contribution in [2.45, 2.75) is 13.5 Å². The highest BCUT2D eigenvalue weighted by Gasteiger charge is 2.24. The van der Waals surface area contributed by atoms with E-state index in [1.807, 2.05) is 0 Å². The molecule has 152 valence electrons. The Balaban J connectivity index is 1.97. The number of carbonyl (C=O) groups excluding carboxylic acids is 1. The fraction of sp³-hybridized carbons (Fsp3) is 0.136. The van der Waals surface area contributed by atoms with Gasteiger partial charge in [0.2, 0.25) is 11.7 Å². The summed E-state index contributed by atoms with van der Waals surface area (Å²) in [7, 11) is 0. The van der Waals surface area contributed by atoms with Gasteiger partial charge < -0.3 is 9.84 Å². The van der Waals surface area contributed by atoms with Crippen LogP contribution in [-0.2, 0) is 6.54 Å². The average Bonchev–Trinajstić information content (AvgIpc) is 2.72. The standard InChI is InChI=1S/C22H16BrFN2O4/c1-13-18(10-25)21(28)26(11-14-2-6-16(24)7-3-14)22(29)20(13)19(27)12-30-17-8-4-15(23)5-9-17/h2-9,29H,11-12H2,1H3. The summed E-state index contributed by atoms with van der Waals surface area (Å²) in [6.07, 6.45) is 0. The van der Waals surface area contributed by atoms with Crippen LogP contribution in [0.5, 0.6) is 11.6 Å².